The molecule has 3 heterocycles. The third-order valence-corrected chi connectivity index (χ3v) is 6.29. The van der Waals surface area contributed by atoms with Gasteiger partial charge in [-0.2, -0.15) is 13.2 Å². The molecular formula is C29H25F3N4O5. The lowest BCUT2D eigenvalue weighted by Gasteiger charge is -2.25. The monoisotopic (exact) mass is 566 g/mol. The number of carbonyl (C=O) groups excluding carboxylic acids is 2. The smallest absolute Gasteiger partial charge is 0.420 e. The van der Waals surface area contributed by atoms with Crippen molar-refractivity contribution in [1.29, 1.82) is 0 Å². The number of halogens is 3. The molecule has 9 nitrogen and oxygen atoms in total. The summed E-state index contributed by atoms with van der Waals surface area (Å²) in [7, 11) is 0. The van der Waals surface area contributed by atoms with E-state index >= 15 is 0 Å². The van der Waals surface area contributed by atoms with Gasteiger partial charge in [0.1, 0.15) is 22.9 Å². The number of anilines is 1. The lowest BCUT2D eigenvalue weighted by atomic mass is 10.00. The van der Waals surface area contributed by atoms with Gasteiger partial charge >= 0.3 is 12.3 Å². The number of nitrogens with one attached hydrogen (secondary N) is 1. The number of fused-ring (bicyclic) bond motifs is 1. The van der Waals surface area contributed by atoms with E-state index in [4.69, 9.17) is 19.6 Å². The molecule has 0 bridgehead atoms. The second kappa shape index (κ2) is 11.7. The number of ether oxygens (including phenoxy) is 2. The first kappa shape index (κ1) is 27.7. The van der Waals surface area contributed by atoms with Crippen molar-refractivity contribution < 1.29 is 36.7 Å². The van der Waals surface area contributed by atoms with E-state index in [9.17, 15) is 22.8 Å². The van der Waals surface area contributed by atoms with Gasteiger partial charge in [-0.1, -0.05) is 12.1 Å². The van der Waals surface area contributed by atoms with Crippen molar-refractivity contribution in [2.45, 2.75) is 12.7 Å². The molecule has 0 saturated carbocycles. The molecule has 1 aliphatic rings. The molecule has 2 amide bonds. The van der Waals surface area contributed by atoms with Crippen molar-refractivity contribution in [1.82, 2.24) is 15.2 Å². The summed E-state index contributed by atoms with van der Waals surface area (Å²) in [4.78, 5) is 30.1. The van der Waals surface area contributed by atoms with Crippen LogP contribution in [-0.4, -0.2) is 48.2 Å². The summed E-state index contributed by atoms with van der Waals surface area (Å²) in [5.74, 6) is 0.220. The van der Waals surface area contributed by atoms with Gasteiger partial charge < -0.3 is 29.8 Å². The molecule has 1 aliphatic heterocycles. The van der Waals surface area contributed by atoms with Crippen molar-refractivity contribution >= 4 is 34.9 Å². The van der Waals surface area contributed by atoms with Crippen molar-refractivity contribution in [3.63, 3.8) is 0 Å². The second-order valence-electron chi connectivity index (χ2n) is 9.22. The van der Waals surface area contributed by atoms with Crippen molar-refractivity contribution in [3.05, 3.63) is 83.8 Å². The zero-order valence-electron chi connectivity index (χ0n) is 21.6. The summed E-state index contributed by atoms with van der Waals surface area (Å²) >= 11 is 0. The summed E-state index contributed by atoms with van der Waals surface area (Å²) in [5, 5.41) is 2.80. The molecule has 1 saturated heterocycles. The maximum atomic E-state index is 14.0. The Morgan fingerprint density at radius 2 is 1.88 bits per heavy atom. The van der Waals surface area contributed by atoms with E-state index in [-0.39, 0.29) is 34.6 Å². The van der Waals surface area contributed by atoms with E-state index < -0.39 is 23.7 Å². The molecule has 4 aromatic rings. The van der Waals surface area contributed by atoms with Crippen LogP contribution in [0.4, 0.5) is 23.8 Å². The summed E-state index contributed by atoms with van der Waals surface area (Å²) in [6.45, 7) is 1.47. The van der Waals surface area contributed by atoms with Crippen LogP contribution in [0.3, 0.4) is 0 Å². The first-order valence-electron chi connectivity index (χ1n) is 12.6. The van der Waals surface area contributed by atoms with Crippen LogP contribution in [0.25, 0.3) is 28.2 Å². The quantitative estimate of drug-likeness (QED) is 0.306. The molecule has 212 valence electrons. The number of rotatable bonds is 6. The van der Waals surface area contributed by atoms with Gasteiger partial charge in [-0.3, -0.25) is 4.79 Å². The topological polar surface area (TPSA) is 120 Å². The number of hydrogen-bond acceptors (Lipinski definition) is 7. The van der Waals surface area contributed by atoms with Crippen LogP contribution in [0.5, 0.6) is 5.75 Å². The highest BCUT2D eigenvalue weighted by Crippen LogP contribution is 2.40. The van der Waals surface area contributed by atoms with E-state index in [1.807, 2.05) is 0 Å². The Balaban J connectivity index is 1.35. The number of pyridine rings is 1. The lowest BCUT2D eigenvalue weighted by molar-refractivity contribution is -0.136. The average molecular weight is 567 g/mol. The molecule has 5 rings (SSSR count). The molecule has 3 N–H and O–H groups in total. The van der Waals surface area contributed by atoms with Crippen LogP contribution in [0, 0.1) is 0 Å². The summed E-state index contributed by atoms with van der Waals surface area (Å²) in [6.07, 6.45) is -0.964. The molecule has 2 aromatic carbocycles. The van der Waals surface area contributed by atoms with Crippen molar-refractivity contribution in [3.8, 4) is 16.9 Å². The normalized spacial score (nSPS) is 14.0. The number of nitrogen functional groups attached to an aromatic ring is 1. The Bertz CT molecular complexity index is 1590. The first-order chi connectivity index (χ1) is 19.7. The number of hydrogen-bond donors (Lipinski definition) is 2. The van der Waals surface area contributed by atoms with Crippen LogP contribution in [0.2, 0.25) is 0 Å². The van der Waals surface area contributed by atoms with Crippen LogP contribution in [-0.2, 0) is 22.3 Å². The number of carbonyl (C=O) groups is 2. The maximum absolute atomic E-state index is 14.0. The SMILES string of the molecule is Nc1ccc(/C=C/C(=O)NCc2cc3cc(-c4cccc(OC(=O)N5CCOCC5)c4)cc(C(F)(F)F)c3o2)cn1. The predicted octanol–water partition coefficient (Wildman–Crippen LogP) is 5.26. The number of aromatic nitrogens is 1. The lowest BCUT2D eigenvalue weighted by Crippen LogP contribution is -2.42. The van der Waals surface area contributed by atoms with Crippen LogP contribution < -0.4 is 15.8 Å². The fourth-order valence-electron chi connectivity index (χ4n) is 4.24. The van der Waals surface area contributed by atoms with Crippen molar-refractivity contribution in [2.24, 2.45) is 0 Å². The number of morpholine rings is 1. The van der Waals surface area contributed by atoms with E-state index in [1.54, 1.807) is 36.4 Å². The van der Waals surface area contributed by atoms with E-state index in [2.05, 4.69) is 10.3 Å². The molecule has 41 heavy (non-hydrogen) atoms. The number of nitrogens with zero attached hydrogens (tertiary/aromatic N) is 2. The zero-order valence-corrected chi connectivity index (χ0v) is 21.6. The fraction of sp³-hybridized carbons (Fsp3) is 0.207. The Kier molecular flexibility index (Phi) is 7.92. The second-order valence-corrected chi connectivity index (χ2v) is 9.22. The summed E-state index contributed by atoms with van der Waals surface area (Å²) in [6, 6.07) is 13.5. The zero-order chi connectivity index (χ0) is 29.0. The van der Waals surface area contributed by atoms with Gasteiger partial charge in [0, 0.05) is 30.7 Å². The first-order valence-corrected chi connectivity index (χ1v) is 12.6. The Morgan fingerprint density at radius 3 is 2.61 bits per heavy atom. The highest BCUT2D eigenvalue weighted by molar-refractivity contribution is 5.92. The number of furan rings is 1. The highest BCUT2D eigenvalue weighted by Gasteiger charge is 2.35. The van der Waals surface area contributed by atoms with E-state index in [0.29, 0.717) is 43.2 Å². The highest BCUT2D eigenvalue weighted by atomic mass is 19.4. The van der Waals surface area contributed by atoms with Gasteiger partial charge in [0.25, 0.3) is 0 Å². The van der Waals surface area contributed by atoms with E-state index in [1.165, 1.54) is 35.4 Å². The Morgan fingerprint density at radius 1 is 1.07 bits per heavy atom. The van der Waals surface area contributed by atoms with Crippen LogP contribution >= 0.6 is 0 Å². The van der Waals surface area contributed by atoms with Gasteiger partial charge in [0.05, 0.1) is 25.3 Å². The minimum atomic E-state index is -4.71. The summed E-state index contributed by atoms with van der Waals surface area (Å²) < 4.78 is 58.3. The molecule has 0 unspecified atom stereocenters. The average Bonchev–Trinajstić information content (AvgIpc) is 3.38. The molecule has 0 atom stereocenters. The fourth-order valence-corrected chi connectivity index (χ4v) is 4.24. The van der Waals surface area contributed by atoms with Gasteiger partial charge in [0.2, 0.25) is 5.91 Å². The molecule has 0 radical (unpaired) electrons. The van der Waals surface area contributed by atoms with Crippen LogP contribution in [0.1, 0.15) is 16.9 Å². The third-order valence-electron chi connectivity index (χ3n) is 6.29. The minimum Gasteiger partial charge on any atom is -0.459 e. The number of alkyl halides is 3. The molecule has 0 aliphatic carbocycles. The predicted molar refractivity (Wildman–Crippen MR) is 145 cm³/mol. The standard InChI is InChI=1S/C29H25F3N4O5/c30-29(31,32)24-15-20(19-2-1-3-22(13-19)41-28(38)36-8-10-39-11-9-36)12-21-14-23(40-27(21)24)17-35-26(37)7-5-18-4-6-25(33)34-16-18/h1-7,12-16H,8-11,17H2,(H2,33,34)(H,35,37)/b7-5+. The van der Waals surface area contributed by atoms with Gasteiger partial charge in [-0.15, -0.1) is 0 Å². The van der Waals surface area contributed by atoms with Gasteiger partial charge in [0.15, 0.2) is 0 Å². The van der Waals surface area contributed by atoms with Crippen LogP contribution in [0.15, 0.2) is 71.3 Å². The Hall–Kier alpha value is -4.84. The number of benzene rings is 2. The third kappa shape index (κ3) is 6.84. The molecule has 0 spiro atoms. The molecular weight excluding hydrogens is 541 g/mol. The molecule has 2 aromatic heterocycles. The molecule has 1 fully saturated rings. The number of amides is 2. The number of nitrogens with two attached hydrogens (primary N) is 1. The maximum Gasteiger partial charge on any atom is 0.420 e. The van der Waals surface area contributed by atoms with Gasteiger partial charge in [-0.25, -0.2) is 9.78 Å². The van der Waals surface area contributed by atoms with Gasteiger partial charge in [-0.05, 0) is 65.2 Å². The Labute approximate surface area is 232 Å². The molecule has 12 heteroatoms. The van der Waals surface area contributed by atoms with E-state index in [0.717, 1.165) is 6.07 Å². The summed E-state index contributed by atoms with van der Waals surface area (Å²) in [5.41, 5.74) is 5.56. The van der Waals surface area contributed by atoms with Crippen molar-refractivity contribution in [2.75, 3.05) is 32.0 Å². The minimum absolute atomic E-state index is 0.128. The largest absolute Gasteiger partial charge is 0.459 e.